The zero-order valence-electron chi connectivity index (χ0n) is 16.6. The molecule has 0 aliphatic rings. The summed E-state index contributed by atoms with van der Waals surface area (Å²) in [6.45, 7) is 2.70. The number of para-hydroxylation sites is 1. The number of aryl methyl sites for hydroxylation is 1. The van der Waals surface area contributed by atoms with Crippen LogP contribution in [0, 0.1) is 27.2 Å². The van der Waals surface area contributed by atoms with Gasteiger partial charge in [0.2, 0.25) is 0 Å². The number of benzene rings is 2. The normalized spacial score (nSPS) is 11.1. The standard InChI is InChI=1S/C19H19N5O5S/c1-12-5-4-6-16-17(12)20-19(30-16)22(8-7-21(2)3)18(25)13-9-14(23(26)27)11-15(10-13)24(28)29/h4-6,9-11H,7-8H2,1-3H3. The molecule has 0 radical (unpaired) electrons. The molecule has 2 aromatic carbocycles. The quantitative estimate of drug-likeness (QED) is 0.415. The van der Waals surface area contributed by atoms with Crippen LogP contribution in [0.25, 0.3) is 10.2 Å². The molecule has 0 saturated heterocycles. The number of nitro groups is 2. The highest BCUT2D eigenvalue weighted by atomic mass is 32.1. The fourth-order valence-corrected chi connectivity index (χ4v) is 3.93. The van der Waals surface area contributed by atoms with Gasteiger partial charge in [-0.25, -0.2) is 4.98 Å². The molecule has 0 unspecified atom stereocenters. The molecule has 11 heteroatoms. The number of thiazole rings is 1. The number of fused-ring (bicyclic) bond motifs is 1. The average Bonchev–Trinajstić information content (AvgIpc) is 3.12. The van der Waals surface area contributed by atoms with Crippen molar-refractivity contribution in [2.45, 2.75) is 6.92 Å². The van der Waals surface area contributed by atoms with E-state index in [-0.39, 0.29) is 12.1 Å². The molecular formula is C19H19N5O5S. The fraction of sp³-hybridized carbons (Fsp3) is 0.263. The SMILES string of the molecule is Cc1cccc2sc(N(CCN(C)C)C(=O)c3cc([N+](=O)[O-])cc([N+](=O)[O-])c3)nc12. The van der Waals surface area contributed by atoms with Crippen molar-refractivity contribution in [1.29, 1.82) is 0 Å². The molecule has 156 valence electrons. The second-order valence-corrected chi connectivity index (χ2v) is 7.94. The van der Waals surface area contributed by atoms with E-state index >= 15 is 0 Å². The van der Waals surface area contributed by atoms with E-state index in [0.29, 0.717) is 11.7 Å². The van der Waals surface area contributed by atoms with Gasteiger partial charge >= 0.3 is 0 Å². The number of hydrogen-bond acceptors (Lipinski definition) is 8. The van der Waals surface area contributed by atoms with E-state index in [0.717, 1.165) is 34.0 Å². The van der Waals surface area contributed by atoms with Crippen LogP contribution in [-0.2, 0) is 0 Å². The summed E-state index contributed by atoms with van der Waals surface area (Å²) in [6, 6.07) is 8.66. The van der Waals surface area contributed by atoms with Crippen LogP contribution in [0.2, 0.25) is 0 Å². The molecule has 0 spiro atoms. The van der Waals surface area contributed by atoms with E-state index in [9.17, 15) is 25.0 Å². The second kappa shape index (κ2) is 8.51. The Morgan fingerprint density at radius 2 is 1.70 bits per heavy atom. The van der Waals surface area contributed by atoms with Gasteiger partial charge in [-0.1, -0.05) is 23.5 Å². The maximum Gasteiger partial charge on any atom is 0.277 e. The molecule has 3 rings (SSSR count). The average molecular weight is 429 g/mol. The number of nitro benzene ring substituents is 2. The van der Waals surface area contributed by atoms with Crippen molar-refractivity contribution < 1.29 is 14.6 Å². The molecule has 0 atom stereocenters. The zero-order chi connectivity index (χ0) is 22.0. The van der Waals surface area contributed by atoms with Gasteiger partial charge in [-0.05, 0) is 32.6 Å². The predicted molar refractivity (Wildman–Crippen MR) is 114 cm³/mol. The molecule has 10 nitrogen and oxygen atoms in total. The van der Waals surface area contributed by atoms with E-state index in [1.54, 1.807) is 0 Å². The first-order chi connectivity index (χ1) is 14.2. The van der Waals surface area contributed by atoms with Gasteiger partial charge in [0.05, 0.1) is 31.7 Å². The van der Waals surface area contributed by atoms with Crippen molar-refractivity contribution in [2.24, 2.45) is 0 Å². The van der Waals surface area contributed by atoms with E-state index in [4.69, 9.17) is 0 Å². The van der Waals surface area contributed by atoms with Crippen molar-refractivity contribution >= 4 is 44.0 Å². The first kappa shape index (κ1) is 21.3. The number of carbonyl (C=O) groups excluding carboxylic acids is 1. The van der Waals surface area contributed by atoms with Crippen LogP contribution in [0.5, 0.6) is 0 Å². The highest BCUT2D eigenvalue weighted by Crippen LogP contribution is 2.32. The molecule has 0 bridgehead atoms. The number of nitrogens with zero attached hydrogens (tertiary/aromatic N) is 5. The molecule has 0 saturated carbocycles. The van der Waals surface area contributed by atoms with Gasteiger partial charge in [-0.2, -0.15) is 0 Å². The number of amides is 1. The highest BCUT2D eigenvalue weighted by molar-refractivity contribution is 7.22. The lowest BCUT2D eigenvalue weighted by Gasteiger charge is -2.22. The minimum atomic E-state index is -0.755. The predicted octanol–water partition coefficient (Wildman–Crippen LogP) is 3.63. The Morgan fingerprint density at radius 1 is 1.07 bits per heavy atom. The van der Waals surface area contributed by atoms with Crippen molar-refractivity contribution in [3.63, 3.8) is 0 Å². The molecular weight excluding hydrogens is 410 g/mol. The summed E-state index contributed by atoms with van der Waals surface area (Å²) in [6.07, 6.45) is 0. The number of non-ortho nitro benzene ring substituents is 2. The van der Waals surface area contributed by atoms with Crippen molar-refractivity contribution in [1.82, 2.24) is 9.88 Å². The third-order valence-corrected chi connectivity index (χ3v) is 5.47. The van der Waals surface area contributed by atoms with Gasteiger partial charge in [-0.3, -0.25) is 29.9 Å². The smallest absolute Gasteiger partial charge is 0.277 e. The van der Waals surface area contributed by atoms with Gasteiger partial charge < -0.3 is 4.90 Å². The number of anilines is 1. The van der Waals surface area contributed by atoms with Crippen LogP contribution >= 0.6 is 11.3 Å². The minimum Gasteiger partial charge on any atom is -0.308 e. The topological polar surface area (TPSA) is 123 Å². The van der Waals surface area contributed by atoms with E-state index in [1.165, 1.54) is 16.2 Å². The molecule has 1 aromatic heterocycles. The van der Waals surface area contributed by atoms with Gasteiger partial charge in [0.15, 0.2) is 5.13 Å². The molecule has 0 aliphatic heterocycles. The Balaban J connectivity index is 2.09. The summed E-state index contributed by atoms with van der Waals surface area (Å²) in [5.41, 5.74) is 0.567. The van der Waals surface area contributed by atoms with Crippen LogP contribution in [0.1, 0.15) is 15.9 Å². The summed E-state index contributed by atoms with van der Waals surface area (Å²) in [5.74, 6) is -0.583. The van der Waals surface area contributed by atoms with Gasteiger partial charge in [0.1, 0.15) is 0 Å². The van der Waals surface area contributed by atoms with Crippen LogP contribution in [-0.4, -0.2) is 52.8 Å². The number of hydrogen-bond donors (Lipinski definition) is 0. The Morgan fingerprint density at radius 3 is 2.23 bits per heavy atom. The van der Waals surface area contributed by atoms with Crippen LogP contribution < -0.4 is 4.90 Å². The lowest BCUT2D eigenvalue weighted by atomic mass is 10.1. The summed E-state index contributed by atoms with van der Waals surface area (Å²) in [7, 11) is 3.70. The van der Waals surface area contributed by atoms with Crippen LogP contribution in [0.15, 0.2) is 36.4 Å². The molecule has 0 aliphatic carbocycles. The number of aromatic nitrogens is 1. The van der Waals surface area contributed by atoms with Crippen LogP contribution in [0.3, 0.4) is 0 Å². The Hall–Kier alpha value is -3.44. The summed E-state index contributed by atoms with van der Waals surface area (Å²) < 4.78 is 0.901. The Kier molecular flexibility index (Phi) is 6.04. The Labute approximate surface area is 175 Å². The van der Waals surface area contributed by atoms with E-state index < -0.39 is 27.1 Å². The molecule has 1 amide bonds. The summed E-state index contributed by atoms with van der Waals surface area (Å²) in [5, 5.41) is 22.8. The fourth-order valence-electron chi connectivity index (χ4n) is 2.86. The van der Waals surface area contributed by atoms with Crippen LogP contribution in [0.4, 0.5) is 16.5 Å². The third-order valence-electron chi connectivity index (χ3n) is 4.43. The molecule has 3 aromatic rings. The first-order valence-corrected chi connectivity index (χ1v) is 9.75. The zero-order valence-corrected chi connectivity index (χ0v) is 17.4. The van der Waals surface area contributed by atoms with E-state index in [2.05, 4.69) is 4.98 Å². The van der Waals surface area contributed by atoms with Crippen molar-refractivity contribution in [3.8, 4) is 0 Å². The summed E-state index contributed by atoms with van der Waals surface area (Å²) >= 11 is 1.32. The summed E-state index contributed by atoms with van der Waals surface area (Å²) in [4.78, 5) is 42.1. The Bertz CT molecular complexity index is 1110. The largest absolute Gasteiger partial charge is 0.308 e. The maximum absolute atomic E-state index is 13.3. The van der Waals surface area contributed by atoms with E-state index in [1.807, 2.05) is 44.1 Å². The molecule has 0 N–H and O–H groups in total. The number of likely N-dealkylation sites (N-methyl/N-ethyl adjacent to an activating group) is 1. The maximum atomic E-state index is 13.3. The highest BCUT2D eigenvalue weighted by Gasteiger charge is 2.26. The van der Waals surface area contributed by atoms with Gasteiger partial charge in [0, 0.05) is 25.2 Å². The first-order valence-electron chi connectivity index (χ1n) is 8.94. The lowest BCUT2D eigenvalue weighted by molar-refractivity contribution is -0.394. The third kappa shape index (κ3) is 4.42. The van der Waals surface area contributed by atoms with Crippen molar-refractivity contribution in [2.75, 3.05) is 32.1 Å². The lowest BCUT2D eigenvalue weighted by Crippen LogP contribution is -2.36. The monoisotopic (exact) mass is 429 g/mol. The van der Waals surface area contributed by atoms with Gasteiger partial charge in [-0.15, -0.1) is 0 Å². The van der Waals surface area contributed by atoms with Crippen molar-refractivity contribution in [3.05, 3.63) is 67.8 Å². The number of rotatable bonds is 7. The van der Waals surface area contributed by atoms with Gasteiger partial charge in [0.25, 0.3) is 17.3 Å². The second-order valence-electron chi connectivity index (χ2n) is 6.93. The molecule has 30 heavy (non-hydrogen) atoms. The minimum absolute atomic E-state index is 0.134. The molecule has 1 heterocycles. The molecule has 0 fully saturated rings. The number of carbonyl (C=O) groups is 1.